The van der Waals surface area contributed by atoms with Crippen molar-refractivity contribution in [1.29, 1.82) is 0 Å². The van der Waals surface area contributed by atoms with Gasteiger partial charge in [-0.15, -0.1) is 0 Å². The Kier molecular flexibility index (Phi) is 6.38. The molecule has 9 heteroatoms. The van der Waals surface area contributed by atoms with Crippen molar-refractivity contribution in [2.75, 3.05) is 18.9 Å². The summed E-state index contributed by atoms with van der Waals surface area (Å²) >= 11 is 0. The van der Waals surface area contributed by atoms with Crippen LogP contribution in [0.2, 0.25) is 0 Å². The number of amides is 2. The van der Waals surface area contributed by atoms with E-state index in [-0.39, 0.29) is 23.3 Å². The molecular formula is C17H26N4O4S. The Hall–Kier alpha value is -1.97. The number of rotatable bonds is 6. The highest BCUT2D eigenvalue weighted by molar-refractivity contribution is 7.89. The molecule has 0 heterocycles. The van der Waals surface area contributed by atoms with E-state index in [2.05, 4.69) is 15.4 Å². The zero-order valence-corrected chi connectivity index (χ0v) is 15.9. The molecule has 0 saturated heterocycles. The molecule has 144 valence electrons. The maximum atomic E-state index is 12.3. The van der Waals surface area contributed by atoms with Crippen molar-refractivity contribution >= 4 is 27.5 Å². The number of anilines is 1. The first-order chi connectivity index (χ1) is 12.2. The molecule has 0 aliphatic heterocycles. The van der Waals surface area contributed by atoms with Crippen molar-refractivity contribution in [3.8, 4) is 0 Å². The third kappa shape index (κ3) is 5.03. The highest BCUT2D eigenvalue weighted by Gasteiger charge is 2.37. The van der Waals surface area contributed by atoms with Gasteiger partial charge in [-0.25, -0.2) is 13.1 Å². The predicted molar refractivity (Wildman–Crippen MR) is 98.9 cm³/mol. The summed E-state index contributed by atoms with van der Waals surface area (Å²) in [6.07, 6.45) is 3.45. The van der Waals surface area contributed by atoms with Crippen LogP contribution in [0.1, 0.15) is 32.6 Å². The first kappa shape index (κ1) is 20.3. The van der Waals surface area contributed by atoms with Crippen LogP contribution in [0.3, 0.4) is 0 Å². The number of carbonyl (C=O) groups is 2. The number of carbonyl (C=O) groups excluding carboxylic acids is 2. The van der Waals surface area contributed by atoms with Crippen LogP contribution in [-0.2, 0) is 19.6 Å². The van der Waals surface area contributed by atoms with Gasteiger partial charge in [0.2, 0.25) is 21.8 Å². The second-order valence-corrected chi connectivity index (χ2v) is 8.69. The highest BCUT2D eigenvalue weighted by atomic mass is 32.2. The Bertz CT molecular complexity index is 777. The van der Waals surface area contributed by atoms with E-state index < -0.39 is 21.5 Å². The lowest BCUT2D eigenvalue weighted by Gasteiger charge is -2.37. The maximum absolute atomic E-state index is 12.3. The number of hydrogen-bond acceptors (Lipinski definition) is 5. The molecule has 1 aliphatic carbocycles. The van der Waals surface area contributed by atoms with Gasteiger partial charge in [-0.2, -0.15) is 0 Å². The summed E-state index contributed by atoms with van der Waals surface area (Å²) in [7, 11) is -2.28. The molecule has 0 spiro atoms. The Morgan fingerprint density at radius 1 is 1.31 bits per heavy atom. The third-order valence-electron chi connectivity index (χ3n) is 4.69. The maximum Gasteiger partial charge on any atom is 0.243 e. The van der Waals surface area contributed by atoms with Gasteiger partial charge < -0.3 is 16.4 Å². The van der Waals surface area contributed by atoms with E-state index >= 15 is 0 Å². The van der Waals surface area contributed by atoms with E-state index in [1.807, 2.05) is 6.92 Å². The van der Waals surface area contributed by atoms with Crippen LogP contribution < -0.4 is 21.1 Å². The minimum absolute atomic E-state index is 0.0444. The van der Waals surface area contributed by atoms with Crippen LogP contribution in [0, 0.1) is 5.92 Å². The smallest absolute Gasteiger partial charge is 0.243 e. The summed E-state index contributed by atoms with van der Waals surface area (Å²) in [5.74, 6) is -0.976. The fourth-order valence-electron chi connectivity index (χ4n) is 3.14. The first-order valence-corrected chi connectivity index (χ1v) is 10.0. The topological polar surface area (TPSA) is 130 Å². The monoisotopic (exact) mass is 382 g/mol. The van der Waals surface area contributed by atoms with E-state index in [0.29, 0.717) is 12.1 Å². The van der Waals surface area contributed by atoms with E-state index in [4.69, 9.17) is 5.73 Å². The number of benzene rings is 1. The van der Waals surface area contributed by atoms with Crippen LogP contribution in [0.15, 0.2) is 29.2 Å². The van der Waals surface area contributed by atoms with Gasteiger partial charge in [-0.1, -0.05) is 18.9 Å². The summed E-state index contributed by atoms with van der Waals surface area (Å²) in [6.45, 7) is 1.67. The molecule has 0 bridgehead atoms. The van der Waals surface area contributed by atoms with Crippen LogP contribution in [-0.4, -0.2) is 39.4 Å². The molecule has 1 aliphatic rings. The quantitative estimate of drug-likeness (QED) is 0.571. The summed E-state index contributed by atoms with van der Waals surface area (Å²) in [5.41, 5.74) is 5.97. The average Bonchev–Trinajstić information content (AvgIpc) is 2.59. The molecule has 0 aromatic heterocycles. The molecule has 2 atom stereocenters. The number of sulfonamides is 1. The molecule has 2 rings (SSSR count). The van der Waals surface area contributed by atoms with Crippen LogP contribution in [0.5, 0.6) is 0 Å². The highest BCUT2D eigenvalue weighted by Crippen LogP contribution is 2.31. The molecular weight excluding hydrogens is 356 g/mol. The third-order valence-corrected chi connectivity index (χ3v) is 6.10. The minimum Gasteiger partial charge on any atom is -0.347 e. The minimum atomic E-state index is -3.59. The molecule has 2 amide bonds. The summed E-state index contributed by atoms with van der Waals surface area (Å²) in [4.78, 5) is 24.5. The molecule has 1 aromatic rings. The number of nitrogens with one attached hydrogen (secondary N) is 3. The lowest BCUT2D eigenvalue weighted by Crippen LogP contribution is -2.53. The van der Waals surface area contributed by atoms with Crippen LogP contribution in [0.4, 0.5) is 5.69 Å². The normalized spacial score (nSPS) is 23.3. The van der Waals surface area contributed by atoms with Crippen molar-refractivity contribution in [2.45, 2.75) is 43.0 Å². The predicted octanol–water partition coefficient (Wildman–Crippen LogP) is 0.557. The van der Waals surface area contributed by atoms with E-state index in [9.17, 15) is 18.0 Å². The molecule has 8 nitrogen and oxygen atoms in total. The summed E-state index contributed by atoms with van der Waals surface area (Å²) in [6, 6.07) is 5.88. The van der Waals surface area contributed by atoms with E-state index in [0.717, 1.165) is 19.3 Å². The zero-order chi connectivity index (χ0) is 19.4. The Morgan fingerprint density at radius 2 is 2.04 bits per heavy atom. The summed E-state index contributed by atoms with van der Waals surface area (Å²) < 4.78 is 25.8. The van der Waals surface area contributed by atoms with Gasteiger partial charge in [0, 0.05) is 11.2 Å². The Labute approximate surface area is 154 Å². The van der Waals surface area contributed by atoms with Crippen molar-refractivity contribution in [1.82, 2.24) is 10.0 Å². The van der Waals surface area contributed by atoms with E-state index in [1.165, 1.54) is 25.2 Å². The first-order valence-electron chi connectivity index (χ1n) is 8.56. The second kappa shape index (κ2) is 8.15. The molecule has 1 fully saturated rings. The van der Waals surface area contributed by atoms with Gasteiger partial charge >= 0.3 is 0 Å². The Morgan fingerprint density at radius 3 is 2.69 bits per heavy atom. The van der Waals surface area contributed by atoms with Gasteiger partial charge in [-0.05, 0) is 45.0 Å². The van der Waals surface area contributed by atoms with Crippen molar-refractivity contribution in [3.05, 3.63) is 24.3 Å². The lowest BCUT2D eigenvalue weighted by atomic mass is 9.74. The molecule has 5 N–H and O–H groups in total. The van der Waals surface area contributed by atoms with Gasteiger partial charge in [0.25, 0.3) is 0 Å². The van der Waals surface area contributed by atoms with Crippen LogP contribution >= 0.6 is 0 Å². The average molecular weight is 382 g/mol. The van der Waals surface area contributed by atoms with Gasteiger partial charge in [0.15, 0.2) is 0 Å². The SMILES string of the molecule is CNS(=O)(=O)c1cccc(NC(=O)CNC(=O)C2CCCCC2(C)N)c1. The molecule has 1 saturated carbocycles. The summed E-state index contributed by atoms with van der Waals surface area (Å²) in [5, 5.41) is 5.20. The second-order valence-electron chi connectivity index (χ2n) is 6.81. The van der Waals surface area contributed by atoms with Crippen molar-refractivity contribution in [2.24, 2.45) is 11.7 Å². The zero-order valence-electron chi connectivity index (χ0n) is 15.0. The van der Waals surface area contributed by atoms with E-state index in [1.54, 1.807) is 6.07 Å². The molecule has 0 radical (unpaired) electrons. The fourth-order valence-corrected chi connectivity index (χ4v) is 3.92. The van der Waals surface area contributed by atoms with Crippen molar-refractivity contribution in [3.63, 3.8) is 0 Å². The molecule has 2 unspecified atom stereocenters. The number of nitrogens with two attached hydrogens (primary N) is 1. The Balaban J connectivity index is 1.93. The van der Waals surface area contributed by atoms with Crippen molar-refractivity contribution < 1.29 is 18.0 Å². The lowest BCUT2D eigenvalue weighted by molar-refractivity contribution is -0.130. The molecule has 1 aromatic carbocycles. The standard InChI is InChI=1S/C17H26N4O4S/c1-17(18)9-4-3-8-14(17)16(23)20-11-15(22)21-12-6-5-7-13(10-12)26(24,25)19-2/h5-7,10,14,19H,3-4,8-9,11,18H2,1-2H3,(H,20,23)(H,21,22). The number of hydrogen-bond donors (Lipinski definition) is 4. The van der Waals surface area contributed by atoms with Gasteiger partial charge in [-0.3, -0.25) is 9.59 Å². The molecule has 26 heavy (non-hydrogen) atoms. The van der Waals surface area contributed by atoms with Gasteiger partial charge in [0.05, 0.1) is 17.4 Å². The fraction of sp³-hybridized carbons (Fsp3) is 0.529. The van der Waals surface area contributed by atoms with Crippen LogP contribution in [0.25, 0.3) is 0 Å². The largest absolute Gasteiger partial charge is 0.347 e. The van der Waals surface area contributed by atoms with Gasteiger partial charge in [0.1, 0.15) is 0 Å².